The number of benzene rings is 1. The number of hydrogen-bond acceptors (Lipinski definition) is 5. The Hall–Kier alpha value is -2.94. The highest BCUT2D eigenvalue weighted by atomic mass is 16.2. The number of carbonyl (C=O) groups excluding carboxylic acids is 1. The Kier molecular flexibility index (Phi) is 4.06. The monoisotopic (exact) mass is 333 g/mol. The third-order valence-corrected chi connectivity index (χ3v) is 5.11. The average Bonchev–Trinajstić information content (AvgIpc) is 3.00. The summed E-state index contributed by atoms with van der Waals surface area (Å²) in [4.78, 5) is 25.8. The van der Waals surface area contributed by atoms with Crippen molar-refractivity contribution in [2.45, 2.75) is 18.9 Å². The lowest BCUT2D eigenvalue weighted by Crippen LogP contribution is -2.47. The lowest BCUT2D eigenvalue weighted by molar-refractivity contribution is 0.0592. The summed E-state index contributed by atoms with van der Waals surface area (Å²) in [5, 5.41) is 8.91. The van der Waals surface area contributed by atoms with Crippen LogP contribution in [-0.4, -0.2) is 46.5 Å². The maximum absolute atomic E-state index is 13.0. The van der Waals surface area contributed by atoms with Crippen LogP contribution in [0, 0.1) is 17.2 Å². The molecule has 4 heterocycles. The lowest BCUT2D eigenvalue weighted by Gasteiger charge is -2.36. The van der Waals surface area contributed by atoms with Crippen molar-refractivity contribution in [3.8, 4) is 6.07 Å². The highest BCUT2D eigenvalue weighted by Gasteiger charge is 2.37. The van der Waals surface area contributed by atoms with Crippen molar-refractivity contribution < 1.29 is 4.79 Å². The number of nitriles is 1. The standard InChI is InChI=1S/C19H19N5O/c20-9-14-1-4-16(5-2-14)19(25)24-12-15-3-6-17(24)13-23(11-15)18-10-21-7-8-22-18/h1-2,4-5,7-8,10,15,17H,3,6,11-13H2/t15-,17+/m0/s1. The van der Waals surface area contributed by atoms with Gasteiger partial charge in [-0.05, 0) is 43.0 Å². The van der Waals surface area contributed by atoms with E-state index in [0.717, 1.165) is 38.3 Å². The van der Waals surface area contributed by atoms with E-state index >= 15 is 0 Å². The average molecular weight is 333 g/mol. The Morgan fingerprint density at radius 3 is 2.68 bits per heavy atom. The molecule has 2 atom stereocenters. The van der Waals surface area contributed by atoms with Crippen LogP contribution in [0.3, 0.4) is 0 Å². The molecule has 0 radical (unpaired) electrons. The molecule has 0 aliphatic carbocycles. The molecule has 3 aliphatic rings. The summed E-state index contributed by atoms with van der Waals surface area (Å²) in [6.45, 7) is 2.48. The first-order chi connectivity index (χ1) is 12.2. The second-order valence-corrected chi connectivity index (χ2v) is 6.71. The first kappa shape index (κ1) is 15.6. The van der Waals surface area contributed by atoms with Crippen LogP contribution in [0.5, 0.6) is 0 Å². The van der Waals surface area contributed by atoms with E-state index in [4.69, 9.17) is 5.26 Å². The number of rotatable bonds is 2. The molecule has 6 nitrogen and oxygen atoms in total. The Labute approximate surface area is 146 Å². The Morgan fingerprint density at radius 2 is 1.96 bits per heavy atom. The van der Waals surface area contributed by atoms with Crippen molar-refractivity contribution in [1.29, 1.82) is 5.26 Å². The van der Waals surface area contributed by atoms with Gasteiger partial charge in [-0.25, -0.2) is 4.98 Å². The van der Waals surface area contributed by atoms with Crippen molar-refractivity contribution in [2.75, 3.05) is 24.5 Å². The third-order valence-electron chi connectivity index (χ3n) is 5.11. The predicted octanol–water partition coefficient (Wildman–Crippen LogP) is 2.09. The molecule has 2 aromatic rings. The van der Waals surface area contributed by atoms with Crippen LogP contribution in [-0.2, 0) is 0 Å². The molecule has 3 saturated heterocycles. The van der Waals surface area contributed by atoms with Crippen molar-refractivity contribution in [1.82, 2.24) is 14.9 Å². The number of nitrogens with zero attached hydrogens (tertiary/aromatic N) is 5. The first-order valence-corrected chi connectivity index (χ1v) is 8.56. The predicted molar refractivity (Wildman–Crippen MR) is 93.0 cm³/mol. The second kappa shape index (κ2) is 6.52. The van der Waals surface area contributed by atoms with E-state index in [1.807, 2.05) is 4.90 Å². The largest absolute Gasteiger partial charge is 0.353 e. The van der Waals surface area contributed by atoms with Gasteiger partial charge in [0.2, 0.25) is 0 Å². The molecule has 0 spiro atoms. The van der Waals surface area contributed by atoms with Crippen molar-refractivity contribution in [3.63, 3.8) is 0 Å². The molecular weight excluding hydrogens is 314 g/mol. The summed E-state index contributed by atoms with van der Waals surface area (Å²) in [5.74, 6) is 1.38. The number of hydrogen-bond donors (Lipinski definition) is 0. The molecule has 0 unspecified atom stereocenters. The van der Waals surface area contributed by atoms with Gasteiger partial charge in [-0.1, -0.05) is 0 Å². The molecule has 5 rings (SSSR count). The molecule has 25 heavy (non-hydrogen) atoms. The zero-order valence-corrected chi connectivity index (χ0v) is 13.9. The normalized spacial score (nSPS) is 22.4. The third kappa shape index (κ3) is 3.05. The van der Waals surface area contributed by atoms with Gasteiger partial charge >= 0.3 is 0 Å². The number of aromatic nitrogens is 2. The molecule has 0 saturated carbocycles. The van der Waals surface area contributed by atoms with Gasteiger partial charge in [0.05, 0.1) is 17.8 Å². The van der Waals surface area contributed by atoms with Crippen molar-refractivity contribution in [2.24, 2.45) is 5.92 Å². The topological polar surface area (TPSA) is 73.1 Å². The van der Waals surface area contributed by atoms with E-state index in [1.165, 1.54) is 0 Å². The van der Waals surface area contributed by atoms with E-state index in [2.05, 4.69) is 20.9 Å². The van der Waals surface area contributed by atoms with Crippen molar-refractivity contribution in [3.05, 3.63) is 54.0 Å². The molecular formula is C19H19N5O. The minimum absolute atomic E-state index is 0.0557. The Bertz CT molecular complexity index is 799. The maximum Gasteiger partial charge on any atom is 0.254 e. The number of fused-ring (bicyclic) bond motifs is 4. The minimum Gasteiger partial charge on any atom is -0.353 e. The van der Waals surface area contributed by atoms with Crippen LogP contribution >= 0.6 is 0 Å². The number of carbonyl (C=O) groups is 1. The van der Waals surface area contributed by atoms with Gasteiger partial charge in [0.15, 0.2) is 0 Å². The molecule has 0 N–H and O–H groups in total. The summed E-state index contributed by atoms with van der Waals surface area (Å²) >= 11 is 0. The fraction of sp³-hybridized carbons (Fsp3) is 0.368. The van der Waals surface area contributed by atoms with Gasteiger partial charge < -0.3 is 9.80 Å². The summed E-state index contributed by atoms with van der Waals surface area (Å²) in [7, 11) is 0. The molecule has 3 fully saturated rings. The number of anilines is 1. The van der Waals surface area contributed by atoms with E-state index in [-0.39, 0.29) is 11.9 Å². The Morgan fingerprint density at radius 1 is 1.12 bits per heavy atom. The van der Waals surface area contributed by atoms with Gasteiger partial charge in [0.25, 0.3) is 5.91 Å². The summed E-state index contributed by atoms with van der Waals surface area (Å²) in [5.41, 5.74) is 1.22. The van der Waals surface area contributed by atoms with E-state index in [0.29, 0.717) is 17.0 Å². The summed E-state index contributed by atoms with van der Waals surface area (Å²) in [6.07, 6.45) is 7.33. The molecule has 6 heteroatoms. The fourth-order valence-electron chi connectivity index (χ4n) is 3.83. The van der Waals surface area contributed by atoms with Crippen LogP contribution in [0.4, 0.5) is 5.82 Å². The fourth-order valence-corrected chi connectivity index (χ4v) is 3.83. The van der Waals surface area contributed by atoms with Gasteiger partial charge in [-0.15, -0.1) is 0 Å². The highest BCUT2D eigenvalue weighted by molar-refractivity contribution is 5.94. The van der Waals surface area contributed by atoms with Gasteiger partial charge in [0.1, 0.15) is 5.82 Å². The van der Waals surface area contributed by atoms with Gasteiger partial charge in [-0.3, -0.25) is 9.78 Å². The number of amides is 1. The van der Waals surface area contributed by atoms with Crippen LogP contribution < -0.4 is 4.90 Å². The quantitative estimate of drug-likeness (QED) is 0.841. The second-order valence-electron chi connectivity index (χ2n) is 6.71. The summed E-state index contributed by atoms with van der Waals surface area (Å²) < 4.78 is 0. The molecule has 1 amide bonds. The Balaban J connectivity index is 1.56. The molecule has 2 bridgehead atoms. The smallest absolute Gasteiger partial charge is 0.254 e. The van der Waals surface area contributed by atoms with Crippen LogP contribution in [0.1, 0.15) is 28.8 Å². The SMILES string of the molecule is N#Cc1ccc(C(=O)N2C[C@H]3CC[C@@H]2CN(c2cnccn2)C3)cc1. The first-order valence-electron chi connectivity index (χ1n) is 8.56. The molecule has 3 aliphatic heterocycles. The molecule has 1 aromatic carbocycles. The number of piperidine rings is 1. The zero-order chi connectivity index (χ0) is 17.2. The lowest BCUT2D eigenvalue weighted by atomic mass is 9.94. The zero-order valence-electron chi connectivity index (χ0n) is 13.9. The molecule has 126 valence electrons. The molecule has 1 aromatic heterocycles. The van der Waals surface area contributed by atoms with Crippen LogP contribution in [0.25, 0.3) is 0 Å². The summed E-state index contributed by atoms with van der Waals surface area (Å²) in [6, 6.07) is 9.18. The van der Waals surface area contributed by atoms with Gasteiger partial charge in [-0.2, -0.15) is 5.26 Å². The van der Waals surface area contributed by atoms with Gasteiger partial charge in [0, 0.05) is 43.6 Å². The van der Waals surface area contributed by atoms with Crippen molar-refractivity contribution >= 4 is 11.7 Å². The van der Waals surface area contributed by atoms with E-state index < -0.39 is 0 Å². The minimum atomic E-state index is 0.0557. The van der Waals surface area contributed by atoms with E-state index in [9.17, 15) is 4.79 Å². The van der Waals surface area contributed by atoms with Crippen LogP contribution in [0.2, 0.25) is 0 Å². The van der Waals surface area contributed by atoms with E-state index in [1.54, 1.807) is 42.9 Å². The highest BCUT2D eigenvalue weighted by Crippen LogP contribution is 2.30. The maximum atomic E-state index is 13.0. The van der Waals surface area contributed by atoms with Crippen LogP contribution in [0.15, 0.2) is 42.9 Å².